The second-order valence-electron chi connectivity index (χ2n) is 8.22. The highest BCUT2D eigenvalue weighted by Crippen LogP contribution is 2.29. The topological polar surface area (TPSA) is 107 Å². The predicted molar refractivity (Wildman–Crippen MR) is 125 cm³/mol. The molecule has 0 aliphatic carbocycles. The molecular formula is C24H24FN3O5S. The van der Waals surface area contributed by atoms with Gasteiger partial charge in [0.15, 0.2) is 16.4 Å². The maximum Gasteiger partial charge on any atom is 0.342 e. The van der Waals surface area contributed by atoms with Gasteiger partial charge in [-0.25, -0.2) is 22.6 Å². The van der Waals surface area contributed by atoms with Crippen LogP contribution in [0.3, 0.4) is 0 Å². The van der Waals surface area contributed by atoms with Crippen molar-refractivity contribution in [1.29, 1.82) is 0 Å². The summed E-state index contributed by atoms with van der Waals surface area (Å²) < 4.78 is 44.9. The van der Waals surface area contributed by atoms with Gasteiger partial charge in [-0.1, -0.05) is 12.1 Å². The van der Waals surface area contributed by atoms with E-state index < -0.39 is 34.0 Å². The number of aromatic nitrogens is 2. The average molecular weight is 486 g/mol. The Morgan fingerprint density at radius 1 is 1.18 bits per heavy atom. The molecule has 3 heterocycles. The fraction of sp³-hybridized carbons (Fsp3) is 0.292. The third-order valence-corrected chi connectivity index (χ3v) is 7.60. The fourth-order valence-electron chi connectivity index (χ4n) is 4.25. The van der Waals surface area contributed by atoms with Gasteiger partial charge < -0.3 is 14.6 Å². The molecule has 1 atom stereocenters. The minimum Gasteiger partial charge on any atom is -0.454 e. The number of Topliss-reactive ketones (excluding diaryl/α,β-unsaturated/α-hetero) is 1. The van der Waals surface area contributed by atoms with Crippen LogP contribution >= 0.6 is 0 Å². The Morgan fingerprint density at radius 3 is 2.65 bits per heavy atom. The van der Waals surface area contributed by atoms with Crippen LogP contribution in [0.2, 0.25) is 0 Å². The Bertz CT molecular complexity index is 1370. The average Bonchev–Trinajstić information content (AvgIpc) is 3.31. The van der Waals surface area contributed by atoms with Crippen molar-refractivity contribution in [2.24, 2.45) is 0 Å². The maximum atomic E-state index is 14.0. The van der Waals surface area contributed by atoms with E-state index in [0.29, 0.717) is 17.7 Å². The van der Waals surface area contributed by atoms with Crippen LogP contribution in [0.25, 0.3) is 0 Å². The third kappa shape index (κ3) is 4.86. The lowest BCUT2D eigenvalue weighted by Gasteiger charge is -2.16. The lowest BCUT2D eigenvalue weighted by molar-refractivity contribution is 0.0475. The van der Waals surface area contributed by atoms with Gasteiger partial charge >= 0.3 is 5.97 Å². The molecular weight excluding hydrogens is 461 g/mol. The number of ketones is 1. The van der Waals surface area contributed by atoms with Crippen LogP contribution in [-0.4, -0.2) is 47.8 Å². The summed E-state index contributed by atoms with van der Waals surface area (Å²) in [6.07, 6.45) is 1.95. The number of hydrogen-bond donors (Lipinski definition) is 1. The van der Waals surface area contributed by atoms with Gasteiger partial charge in [0, 0.05) is 29.2 Å². The van der Waals surface area contributed by atoms with E-state index in [1.54, 1.807) is 25.1 Å². The molecule has 1 aliphatic rings. The summed E-state index contributed by atoms with van der Waals surface area (Å²) in [5.74, 6) is -1.41. The van der Waals surface area contributed by atoms with Crippen molar-refractivity contribution in [2.75, 3.05) is 23.4 Å². The first-order chi connectivity index (χ1) is 16.2. The maximum absolute atomic E-state index is 14.0. The van der Waals surface area contributed by atoms with E-state index in [1.807, 2.05) is 11.5 Å². The number of sulfone groups is 1. The second kappa shape index (κ2) is 9.38. The number of esters is 1. The van der Waals surface area contributed by atoms with Crippen LogP contribution in [0.5, 0.6) is 0 Å². The van der Waals surface area contributed by atoms with Crippen LogP contribution in [0.15, 0.2) is 48.7 Å². The number of halogens is 1. The van der Waals surface area contributed by atoms with Gasteiger partial charge in [0.1, 0.15) is 17.2 Å². The Morgan fingerprint density at radius 2 is 1.94 bits per heavy atom. The Kier molecular flexibility index (Phi) is 6.52. The van der Waals surface area contributed by atoms with Gasteiger partial charge in [-0.15, -0.1) is 0 Å². The summed E-state index contributed by atoms with van der Waals surface area (Å²) in [4.78, 5) is 29.6. The standard InChI is InChI=1S/C24H24FN3O5S/c1-15-12-19(16(2)28(15)17-9-11-34(31,32)14-17)22(29)13-33-24(30)18-6-5-10-26-23(18)27-21-8-4-3-7-20(21)25/h3-8,10,12,17H,9,11,13-14H2,1-2H3,(H,26,27). The second-order valence-corrected chi connectivity index (χ2v) is 10.4. The Hall–Kier alpha value is -3.53. The molecule has 2 aromatic heterocycles. The van der Waals surface area contributed by atoms with Gasteiger partial charge in [-0.2, -0.15) is 0 Å². The molecule has 1 N–H and O–H groups in total. The van der Waals surface area contributed by atoms with Crippen molar-refractivity contribution in [3.05, 3.63) is 77.0 Å². The highest BCUT2D eigenvalue weighted by atomic mass is 32.2. The van der Waals surface area contributed by atoms with E-state index in [2.05, 4.69) is 10.3 Å². The zero-order valence-corrected chi connectivity index (χ0v) is 19.6. The molecule has 4 rings (SSSR count). The van der Waals surface area contributed by atoms with Crippen molar-refractivity contribution in [1.82, 2.24) is 9.55 Å². The molecule has 8 nitrogen and oxygen atoms in total. The first-order valence-corrected chi connectivity index (χ1v) is 12.5. The number of hydrogen-bond acceptors (Lipinski definition) is 7. The minimum absolute atomic E-state index is 0.0464. The zero-order valence-electron chi connectivity index (χ0n) is 18.7. The molecule has 0 spiro atoms. The number of benzene rings is 1. The molecule has 0 bridgehead atoms. The van der Waals surface area contributed by atoms with Crippen LogP contribution in [-0.2, 0) is 14.6 Å². The number of anilines is 2. The van der Waals surface area contributed by atoms with Gasteiger partial charge in [-0.05, 0) is 50.6 Å². The molecule has 178 valence electrons. The summed E-state index contributed by atoms with van der Waals surface area (Å²) >= 11 is 0. The largest absolute Gasteiger partial charge is 0.454 e. The Balaban J connectivity index is 1.47. The molecule has 1 unspecified atom stereocenters. The van der Waals surface area contributed by atoms with E-state index in [0.717, 1.165) is 5.69 Å². The monoisotopic (exact) mass is 485 g/mol. The van der Waals surface area contributed by atoms with E-state index in [-0.39, 0.29) is 34.6 Å². The normalized spacial score (nSPS) is 16.9. The number of nitrogens with one attached hydrogen (secondary N) is 1. The number of carbonyl (C=O) groups excluding carboxylic acids is 2. The van der Waals surface area contributed by atoms with E-state index in [9.17, 15) is 22.4 Å². The third-order valence-electron chi connectivity index (χ3n) is 5.85. The van der Waals surface area contributed by atoms with Crippen molar-refractivity contribution in [2.45, 2.75) is 26.3 Å². The molecule has 1 aliphatic heterocycles. The van der Waals surface area contributed by atoms with Crippen molar-refractivity contribution in [3.8, 4) is 0 Å². The first kappa shape index (κ1) is 23.6. The molecule has 1 fully saturated rings. The molecule has 1 saturated heterocycles. The fourth-order valence-corrected chi connectivity index (χ4v) is 5.95. The van der Waals surface area contributed by atoms with Crippen molar-refractivity contribution < 1.29 is 27.1 Å². The number of nitrogens with zero attached hydrogens (tertiary/aromatic N) is 2. The zero-order chi connectivity index (χ0) is 24.5. The lowest BCUT2D eigenvalue weighted by Crippen LogP contribution is -2.17. The molecule has 10 heteroatoms. The van der Waals surface area contributed by atoms with Crippen LogP contribution in [0, 0.1) is 19.7 Å². The van der Waals surface area contributed by atoms with Crippen LogP contribution in [0.4, 0.5) is 15.9 Å². The highest BCUT2D eigenvalue weighted by molar-refractivity contribution is 7.91. The molecule has 0 amide bonds. The molecule has 0 saturated carbocycles. The summed E-state index contributed by atoms with van der Waals surface area (Å²) in [5, 5.41) is 2.77. The summed E-state index contributed by atoms with van der Waals surface area (Å²) in [5.41, 5.74) is 2.00. The minimum atomic E-state index is -3.08. The van der Waals surface area contributed by atoms with Crippen molar-refractivity contribution >= 4 is 33.1 Å². The van der Waals surface area contributed by atoms with Gasteiger partial charge in [0.25, 0.3) is 0 Å². The summed E-state index contributed by atoms with van der Waals surface area (Å²) in [6, 6.07) is 10.4. The number of ether oxygens (including phenoxy) is 1. The van der Waals surface area contributed by atoms with Gasteiger partial charge in [-0.3, -0.25) is 4.79 Å². The predicted octanol–water partition coefficient (Wildman–Crippen LogP) is 3.78. The molecule has 0 radical (unpaired) electrons. The Labute approximate surface area is 196 Å². The first-order valence-electron chi connectivity index (χ1n) is 10.7. The van der Waals surface area contributed by atoms with Gasteiger partial charge in [0.05, 0.1) is 17.2 Å². The SMILES string of the molecule is Cc1cc(C(=O)COC(=O)c2cccnc2Nc2ccccc2F)c(C)n1C1CCS(=O)(=O)C1. The molecule has 1 aromatic carbocycles. The van der Waals surface area contributed by atoms with Crippen LogP contribution < -0.4 is 5.32 Å². The molecule has 34 heavy (non-hydrogen) atoms. The highest BCUT2D eigenvalue weighted by Gasteiger charge is 2.31. The number of rotatable bonds is 7. The number of carbonyl (C=O) groups is 2. The van der Waals surface area contributed by atoms with Gasteiger partial charge in [0.2, 0.25) is 5.78 Å². The van der Waals surface area contributed by atoms with Crippen molar-refractivity contribution in [3.63, 3.8) is 0 Å². The summed E-state index contributed by atoms with van der Waals surface area (Å²) in [7, 11) is -3.08. The number of para-hydroxylation sites is 1. The lowest BCUT2D eigenvalue weighted by atomic mass is 10.1. The quantitative estimate of drug-likeness (QED) is 0.401. The number of pyridine rings is 1. The number of aryl methyl sites for hydroxylation is 1. The van der Waals surface area contributed by atoms with Crippen LogP contribution in [0.1, 0.15) is 44.6 Å². The summed E-state index contributed by atoms with van der Waals surface area (Å²) in [6.45, 7) is 3.07. The van der Waals surface area contributed by atoms with E-state index in [4.69, 9.17) is 4.74 Å². The van der Waals surface area contributed by atoms with E-state index >= 15 is 0 Å². The van der Waals surface area contributed by atoms with E-state index in [1.165, 1.54) is 30.5 Å². The smallest absolute Gasteiger partial charge is 0.342 e. The molecule has 3 aromatic rings.